The molecule has 4 nitrogen and oxygen atoms in total. The molecule has 1 rings (SSSR count). The Morgan fingerprint density at radius 2 is 2.12 bits per heavy atom. The Labute approximate surface area is 99.1 Å². The van der Waals surface area contributed by atoms with Gasteiger partial charge in [0.05, 0.1) is 5.75 Å². The van der Waals surface area contributed by atoms with Gasteiger partial charge in [0, 0.05) is 18.3 Å². The van der Waals surface area contributed by atoms with Crippen molar-refractivity contribution in [2.24, 2.45) is 11.7 Å². The first kappa shape index (κ1) is 13.9. The minimum Gasteiger partial charge on any atom is -0.326 e. The quantitative estimate of drug-likeness (QED) is 0.768. The van der Waals surface area contributed by atoms with E-state index in [0.717, 1.165) is 32.5 Å². The van der Waals surface area contributed by atoms with Gasteiger partial charge in [-0.2, -0.15) is 0 Å². The molecule has 1 aliphatic rings. The lowest BCUT2D eigenvalue weighted by atomic mass is 9.94. The number of piperidine rings is 1. The van der Waals surface area contributed by atoms with Crippen LogP contribution < -0.4 is 5.73 Å². The monoisotopic (exact) mass is 248 g/mol. The lowest BCUT2D eigenvalue weighted by molar-refractivity contribution is 0.169. The van der Waals surface area contributed by atoms with Gasteiger partial charge in [-0.3, -0.25) is 0 Å². The number of hydrogen-bond acceptors (Lipinski definition) is 4. The summed E-state index contributed by atoms with van der Waals surface area (Å²) in [4.78, 5) is 2.29. The van der Waals surface area contributed by atoms with E-state index in [-0.39, 0.29) is 11.8 Å². The van der Waals surface area contributed by atoms with Crippen molar-refractivity contribution in [1.29, 1.82) is 0 Å². The normalized spacial score (nSPS) is 28.2. The van der Waals surface area contributed by atoms with Crippen LogP contribution in [0.15, 0.2) is 0 Å². The van der Waals surface area contributed by atoms with Crippen LogP contribution in [-0.4, -0.2) is 50.5 Å². The highest BCUT2D eigenvalue weighted by Crippen LogP contribution is 2.15. The highest BCUT2D eigenvalue weighted by molar-refractivity contribution is 7.91. The van der Waals surface area contributed by atoms with Gasteiger partial charge in [0.25, 0.3) is 0 Å². The second-order valence-corrected chi connectivity index (χ2v) is 7.29. The van der Waals surface area contributed by atoms with E-state index in [1.165, 1.54) is 0 Å². The molecule has 0 aromatic heterocycles. The van der Waals surface area contributed by atoms with Gasteiger partial charge in [-0.05, 0) is 31.8 Å². The van der Waals surface area contributed by atoms with Crippen molar-refractivity contribution in [2.75, 3.05) is 31.1 Å². The van der Waals surface area contributed by atoms with E-state index < -0.39 is 9.84 Å². The van der Waals surface area contributed by atoms with Crippen molar-refractivity contribution in [3.63, 3.8) is 0 Å². The van der Waals surface area contributed by atoms with Crippen LogP contribution in [0.4, 0.5) is 0 Å². The minimum atomic E-state index is -2.80. The molecule has 2 unspecified atom stereocenters. The van der Waals surface area contributed by atoms with Crippen LogP contribution in [0.3, 0.4) is 0 Å². The number of likely N-dealkylation sites (tertiary alicyclic amines) is 1. The number of hydrogen-bond donors (Lipinski definition) is 1. The summed E-state index contributed by atoms with van der Waals surface area (Å²) in [6, 6.07) is 0.247. The average molecular weight is 248 g/mol. The van der Waals surface area contributed by atoms with Crippen LogP contribution in [-0.2, 0) is 9.84 Å². The molecule has 2 atom stereocenters. The van der Waals surface area contributed by atoms with Crippen LogP contribution in [0.5, 0.6) is 0 Å². The van der Waals surface area contributed by atoms with Gasteiger partial charge in [-0.15, -0.1) is 0 Å². The summed E-state index contributed by atoms with van der Waals surface area (Å²) >= 11 is 0. The Hall–Kier alpha value is -0.130. The minimum absolute atomic E-state index is 0.247. The van der Waals surface area contributed by atoms with E-state index in [2.05, 4.69) is 11.8 Å². The summed E-state index contributed by atoms with van der Waals surface area (Å²) in [5, 5.41) is 0. The third-order valence-corrected chi connectivity index (χ3v) is 5.26. The van der Waals surface area contributed by atoms with Gasteiger partial charge >= 0.3 is 0 Å². The molecule has 0 amide bonds. The Kier molecular flexibility index (Phi) is 5.21. The zero-order chi connectivity index (χ0) is 12.2. The molecule has 16 heavy (non-hydrogen) atoms. The SMILES string of the molecule is CCS(=O)(=O)CCCN1CCC(C)C(N)C1. The summed E-state index contributed by atoms with van der Waals surface area (Å²) in [5.74, 6) is 1.16. The van der Waals surface area contributed by atoms with Gasteiger partial charge in [-0.25, -0.2) is 8.42 Å². The second kappa shape index (κ2) is 5.98. The molecule has 96 valence electrons. The van der Waals surface area contributed by atoms with Gasteiger partial charge < -0.3 is 10.6 Å². The maximum Gasteiger partial charge on any atom is 0.150 e. The molecule has 1 heterocycles. The summed E-state index contributed by atoms with van der Waals surface area (Å²) in [6.45, 7) is 6.71. The maximum atomic E-state index is 11.3. The van der Waals surface area contributed by atoms with Gasteiger partial charge in [0.15, 0.2) is 0 Å². The predicted octanol–water partition coefficient (Wildman–Crippen LogP) is 0.480. The first-order valence-corrected chi connectivity index (χ1v) is 7.95. The Balaban J connectivity index is 2.24. The highest BCUT2D eigenvalue weighted by Gasteiger charge is 2.22. The molecule has 0 bridgehead atoms. The van der Waals surface area contributed by atoms with Crippen molar-refractivity contribution in [3.05, 3.63) is 0 Å². The summed E-state index contributed by atoms with van der Waals surface area (Å²) < 4.78 is 22.6. The number of rotatable bonds is 5. The summed E-state index contributed by atoms with van der Waals surface area (Å²) in [6.07, 6.45) is 1.86. The zero-order valence-electron chi connectivity index (χ0n) is 10.4. The van der Waals surface area contributed by atoms with Crippen LogP contribution >= 0.6 is 0 Å². The molecular formula is C11H24N2O2S. The van der Waals surface area contributed by atoms with Crippen LogP contribution in [0.25, 0.3) is 0 Å². The summed E-state index contributed by atoms with van der Waals surface area (Å²) in [5.41, 5.74) is 5.99. The molecule has 0 aliphatic carbocycles. The van der Waals surface area contributed by atoms with Crippen molar-refractivity contribution >= 4 is 9.84 Å². The van der Waals surface area contributed by atoms with E-state index in [9.17, 15) is 8.42 Å². The molecule has 5 heteroatoms. The first-order chi connectivity index (χ1) is 7.44. The molecule has 0 saturated carbocycles. The predicted molar refractivity (Wildman–Crippen MR) is 67.1 cm³/mol. The average Bonchev–Trinajstić information content (AvgIpc) is 2.23. The smallest absolute Gasteiger partial charge is 0.150 e. The fourth-order valence-corrected chi connectivity index (χ4v) is 2.88. The molecule has 0 aromatic rings. The zero-order valence-corrected chi connectivity index (χ0v) is 11.2. The Bertz CT molecular complexity index is 303. The van der Waals surface area contributed by atoms with Gasteiger partial charge in [0.2, 0.25) is 0 Å². The summed E-state index contributed by atoms with van der Waals surface area (Å²) in [7, 11) is -2.80. The number of nitrogens with two attached hydrogens (primary N) is 1. The second-order valence-electron chi connectivity index (χ2n) is 4.82. The van der Waals surface area contributed by atoms with E-state index in [0.29, 0.717) is 11.7 Å². The topological polar surface area (TPSA) is 63.4 Å². The fraction of sp³-hybridized carbons (Fsp3) is 1.00. The maximum absolute atomic E-state index is 11.3. The Morgan fingerprint density at radius 1 is 1.44 bits per heavy atom. The molecule has 0 radical (unpaired) electrons. The standard InChI is InChI=1S/C11H24N2O2S/c1-3-16(14,15)8-4-6-13-7-5-10(2)11(12)9-13/h10-11H,3-9,12H2,1-2H3. The molecule has 2 N–H and O–H groups in total. The van der Waals surface area contributed by atoms with Gasteiger partial charge in [-0.1, -0.05) is 13.8 Å². The largest absolute Gasteiger partial charge is 0.326 e. The van der Waals surface area contributed by atoms with E-state index in [4.69, 9.17) is 5.73 Å². The number of nitrogens with zero attached hydrogens (tertiary/aromatic N) is 1. The third kappa shape index (κ3) is 4.39. The Morgan fingerprint density at radius 3 is 2.69 bits per heavy atom. The molecule has 0 spiro atoms. The van der Waals surface area contributed by atoms with E-state index in [1.54, 1.807) is 6.92 Å². The van der Waals surface area contributed by atoms with Crippen LogP contribution in [0.1, 0.15) is 26.7 Å². The van der Waals surface area contributed by atoms with Gasteiger partial charge in [0.1, 0.15) is 9.84 Å². The first-order valence-electron chi connectivity index (χ1n) is 6.13. The fourth-order valence-electron chi connectivity index (χ4n) is 2.03. The molecular weight excluding hydrogens is 224 g/mol. The van der Waals surface area contributed by atoms with Crippen molar-refractivity contribution in [3.8, 4) is 0 Å². The molecule has 1 fully saturated rings. The lowest BCUT2D eigenvalue weighted by Crippen LogP contribution is -2.47. The van der Waals surface area contributed by atoms with Crippen LogP contribution in [0.2, 0.25) is 0 Å². The van der Waals surface area contributed by atoms with Crippen molar-refractivity contribution < 1.29 is 8.42 Å². The van der Waals surface area contributed by atoms with E-state index >= 15 is 0 Å². The molecule has 0 aromatic carbocycles. The van der Waals surface area contributed by atoms with Crippen molar-refractivity contribution in [2.45, 2.75) is 32.7 Å². The molecule has 1 saturated heterocycles. The highest BCUT2D eigenvalue weighted by atomic mass is 32.2. The van der Waals surface area contributed by atoms with Crippen LogP contribution in [0, 0.1) is 5.92 Å². The molecule has 1 aliphatic heterocycles. The van der Waals surface area contributed by atoms with E-state index in [1.807, 2.05) is 0 Å². The van der Waals surface area contributed by atoms with Crippen molar-refractivity contribution in [1.82, 2.24) is 4.90 Å². The third-order valence-electron chi connectivity index (χ3n) is 3.47. The lowest BCUT2D eigenvalue weighted by Gasteiger charge is -2.34. The number of sulfone groups is 1.